The lowest BCUT2D eigenvalue weighted by atomic mass is 9.83. The second-order valence-corrected chi connectivity index (χ2v) is 4.70. The third-order valence-corrected chi connectivity index (χ3v) is 3.51. The van der Waals surface area contributed by atoms with Crippen LogP contribution in [-0.4, -0.2) is 26.8 Å². The summed E-state index contributed by atoms with van der Waals surface area (Å²) in [7, 11) is 2.03. The molecule has 1 saturated carbocycles. The second-order valence-electron chi connectivity index (χ2n) is 4.70. The molecule has 0 heterocycles. The summed E-state index contributed by atoms with van der Waals surface area (Å²) in [4.78, 5) is 0. The number of hydrogen-bond acceptors (Lipinski definition) is 2. The smallest absolute Gasteiger partial charge is 0.0534 e. The van der Waals surface area contributed by atoms with E-state index in [1.807, 2.05) is 7.05 Å². The predicted molar refractivity (Wildman–Crippen MR) is 60.5 cm³/mol. The van der Waals surface area contributed by atoms with Crippen molar-refractivity contribution in [2.45, 2.75) is 39.5 Å². The van der Waals surface area contributed by atoms with Crippen molar-refractivity contribution < 1.29 is 4.74 Å². The summed E-state index contributed by atoms with van der Waals surface area (Å²) in [6.07, 6.45) is 5.18. The van der Waals surface area contributed by atoms with E-state index >= 15 is 0 Å². The van der Waals surface area contributed by atoms with E-state index in [-0.39, 0.29) is 0 Å². The third kappa shape index (κ3) is 3.58. The van der Waals surface area contributed by atoms with Crippen molar-refractivity contribution in [1.82, 2.24) is 5.32 Å². The fourth-order valence-corrected chi connectivity index (χ4v) is 1.86. The van der Waals surface area contributed by atoms with Crippen LogP contribution in [0.25, 0.3) is 0 Å². The van der Waals surface area contributed by atoms with Gasteiger partial charge < -0.3 is 10.1 Å². The number of ether oxygens (including phenoxy) is 1. The molecule has 0 aromatic carbocycles. The Morgan fingerprint density at radius 3 is 2.36 bits per heavy atom. The van der Waals surface area contributed by atoms with E-state index in [2.05, 4.69) is 19.2 Å². The van der Waals surface area contributed by atoms with E-state index in [0.717, 1.165) is 25.7 Å². The highest BCUT2D eigenvalue weighted by Crippen LogP contribution is 2.31. The van der Waals surface area contributed by atoms with Crippen molar-refractivity contribution >= 4 is 0 Å². The maximum Gasteiger partial charge on any atom is 0.0534 e. The van der Waals surface area contributed by atoms with Gasteiger partial charge in [0.1, 0.15) is 0 Å². The van der Waals surface area contributed by atoms with Crippen LogP contribution in [0, 0.1) is 11.3 Å². The molecule has 2 nitrogen and oxygen atoms in total. The minimum atomic E-state index is 0.365. The van der Waals surface area contributed by atoms with Crippen LogP contribution in [0.1, 0.15) is 39.5 Å². The summed E-state index contributed by atoms with van der Waals surface area (Å²) in [5.74, 6) is 0.885. The number of rotatable bonds is 8. The van der Waals surface area contributed by atoms with Crippen LogP contribution in [0.4, 0.5) is 0 Å². The molecule has 0 aromatic rings. The molecule has 0 aromatic heterocycles. The first-order valence-electron chi connectivity index (χ1n) is 5.98. The quantitative estimate of drug-likeness (QED) is 0.648. The Kier molecular flexibility index (Phi) is 4.90. The largest absolute Gasteiger partial charge is 0.381 e. The van der Waals surface area contributed by atoms with Crippen LogP contribution in [-0.2, 0) is 4.74 Å². The Labute approximate surface area is 88.4 Å². The average Bonchev–Trinajstić information content (AvgIpc) is 3.00. The number of nitrogens with one attached hydrogen (secondary N) is 1. The summed E-state index contributed by atoms with van der Waals surface area (Å²) in [6.45, 7) is 7.52. The molecule has 1 aliphatic carbocycles. The van der Waals surface area contributed by atoms with Crippen LogP contribution in [0.15, 0.2) is 0 Å². The lowest BCUT2D eigenvalue weighted by molar-refractivity contribution is 0.0333. The summed E-state index contributed by atoms with van der Waals surface area (Å²) in [5.41, 5.74) is 0.365. The lowest BCUT2D eigenvalue weighted by Gasteiger charge is -2.31. The van der Waals surface area contributed by atoms with Gasteiger partial charge in [0.2, 0.25) is 0 Å². The van der Waals surface area contributed by atoms with Crippen LogP contribution in [0.5, 0.6) is 0 Å². The molecular weight excluding hydrogens is 174 g/mol. The van der Waals surface area contributed by atoms with Gasteiger partial charge in [0.05, 0.1) is 6.61 Å². The molecule has 14 heavy (non-hydrogen) atoms. The predicted octanol–water partition coefficient (Wildman–Crippen LogP) is 2.44. The molecule has 0 radical (unpaired) electrons. The van der Waals surface area contributed by atoms with Crippen molar-refractivity contribution in [3.05, 3.63) is 0 Å². The van der Waals surface area contributed by atoms with E-state index in [4.69, 9.17) is 4.74 Å². The van der Waals surface area contributed by atoms with Gasteiger partial charge in [0.15, 0.2) is 0 Å². The highest BCUT2D eigenvalue weighted by Gasteiger charge is 2.27. The zero-order chi connectivity index (χ0) is 10.4. The Bertz CT molecular complexity index is 150. The molecule has 2 heteroatoms. The Hall–Kier alpha value is -0.0800. The highest BCUT2D eigenvalue weighted by atomic mass is 16.5. The van der Waals surface area contributed by atoms with Gasteiger partial charge in [-0.1, -0.05) is 13.8 Å². The van der Waals surface area contributed by atoms with Crippen LogP contribution < -0.4 is 5.32 Å². The number of hydrogen-bond donors (Lipinski definition) is 1. The van der Waals surface area contributed by atoms with E-state index < -0.39 is 0 Å². The van der Waals surface area contributed by atoms with Gasteiger partial charge in [-0.25, -0.2) is 0 Å². The standard InChI is InChI=1S/C12H25NO/c1-4-12(5-2,9-13-3)10-14-8-11-6-7-11/h11,13H,4-10H2,1-3H3. The molecule has 0 spiro atoms. The molecule has 0 unspecified atom stereocenters. The fourth-order valence-electron chi connectivity index (χ4n) is 1.86. The Morgan fingerprint density at radius 1 is 1.29 bits per heavy atom. The third-order valence-electron chi connectivity index (χ3n) is 3.51. The van der Waals surface area contributed by atoms with Gasteiger partial charge in [-0.2, -0.15) is 0 Å². The molecule has 0 amide bonds. The SMILES string of the molecule is CCC(CC)(CNC)COCC1CC1. The highest BCUT2D eigenvalue weighted by molar-refractivity contribution is 4.79. The molecule has 1 rings (SSSR count). The monoisotopic (exact) mass is 199 g/mol. The normalized spacial score (nSPS) is 17.4. The zero-order valence-corrected chi connectivity index (χ0v) is 9.94. The van der Waals surface area contributed by atoms with Crippen molar-refractivity contribution in [1.29, 1.82) is 0 Å². The van der Waals surface area contributed by atoms with Gasteiger partial charge in [-0.15, -0.1) is 0 Å². The maximum atomic E-state index is 5.82. The maximum absolute atomic E-state index is 5.82. The van der Waals surface area contributed by atoms with Crippen molar-refractivity contribution in [3.63, 3.8) is 0 Å². The fraction of sp³-hybridized carbons (Fsp3) is 1.00. The lowest BCUT2D eigenvalue weighted by Crippen LogP contribution is -2.36. The second kappa shape index (κ2) is 5.72. The Balaban J connectivity index is 2.23. The molecule has 84 valence electrons. The van der Waals surface area contributed by atoms with Gasteiger partial charge >= 0.3 is 0 Å². The molecule has 0 bridgehead atoms. The minimum absolute atomic E-state index is 0.365. The van der Waals surface area contributed by atoms with E-state index in [0.29, 0.717) is 5.41 Å². The summed E-state index contributed by atoms with van der Waals surface area (Å²) < 4.78 is 5.82. The molecule has 1 N–H and O–H groups in total. The van der Waals surface area contributed by atoms with Gasteiger partial charge in [-0.3, -0.25) is 0 Å². The molecule has 1 fully saturated rings. The van der Waals surface area contributed by atoms with Crippen LogP contribution in [0.3, 0.4) is 0 Å². The summed E-state index contributed by atoms with van der Waals surface area (Å²) >= 11 is 0. The van der Waals surface area contributed by atoms with E-state index in [1.165, 1.54) is 25.7 Å². The minimum Gasteiger partial charge on any atom is -0.381 e. The van der Waals surface area contributed by atoms with E-state index in [1.54, 1.807) is 0 Å². The van der Waals surface area contributed by atoms with Gasteiger partial charge in [0, 0.05) is 18.6 Å². The van der Waals surface area contributed by atoms with Crippen molar-refractivity contribution in [2.75, 3.05) is 26.8 Å². The van der Waals surface area contributed by atoms with Crippen molar-refractivity contribution in [2.24, 2.45) is 11.3 Å². The molecule has 1 aliphatic rings. The first-order valence-corrected chi connectivity index (χ1v) is 5.98. The van der Waals surface area contributed by atoms with Gasteiger partial charge in [-0.05, 0) is 38.6 Å². The average molecular weight is 199 g/mol. The first kappa shape index (κ1) is 12.0. The van der Waals surface area contributed by atoms with Crippen LogP contribution in [0.2, 0.25) is 0 Å². The summed E-state index contributed by atoms with van der Waals surface area (Å²) in [5, 5.41) is 3.28. The molecule has 0 atom stereocenters. The molecule has 0 saturated heterocycles. The first-order chi connectivity index (χ1) is 6.76. The Morgan fingerprint density at radius 2 is 1.93 bits per heavy atom. The molecular formula is C12H25NO. The molecule has 0 aliphatic heterocycles. The topological polar surface area (TPSA) is 21.3 Å². The van der Waals surface area contributed by atoms with Gasteiger partial charge in [0.25, 0.3) is 0 Å². The van der Waals surface area contributed by atoms with Crippen LogP contribution >= 0.6 is 0 Å². The zero-order valence-electron chi connectivity index (χ0n) is 9.94. The summed E-state index contributed by atoms with van der Waals surface area (Å²) in [6, 6.07) is 0. The van der Waals surface area contributed by atoms with E-state index in [9.17, 15) is 0 Å². The van der Waals surface area contributed by atoms with Crippen molar-refractivity contribution in [3.8, 4) is 0 Å².